The number of hydrogen-bond acceptors (Lipinski definition) is 6. The van der Waals surface area contributed by atoms with E-state index in [-0.39, 0.29) is 5.63 Å². The summed E-state index contributed by atoms with van der Waals surface area (Å²) in [6.45, 7) is 6.62. The molecule has 1 aromatic carbocycles. The van der Waals surface area contributed by atoms with Crippen molar-refractivity contribution in [3.05, 3.63) is 64.0 Å². The van der Waals surface area contributed by atoms with Crippen LogP contribution in [0.2, 0.25) is 0 Å². The van der Waals surface area contributed by atoms with Gasteiger partial charge >= 0.3 is 5.63 Å². The molecule has 0 aliphatic carbocycles. The van der Waals surface area contributed by atoms with Crippen molar-refractivity contribution in [1.29, 1.82) is 0 Å². The average Bonchev–Trinajstić information content (AvgIpc) is 3.43. The number of imidazole rings is 1. The molecule has 0 radical (unpaired) electrons. The van der Waals surface area contributed by atoms with Crippen molar-refractivity contribution in [2.75, 3.05) is 19.7 Å². The van der Waals surface area contributed by atoms with Crippen LogP contribution in [0, 0.1) is 13.8 Å². The molecule has 7 heteroatoms. The third-order valence-corrected chi connectivity index (χ3v) is 6.02. The van der Waals surface area contributed by atoms with Crippen LogP contribution in [-0.4, -0.2) is 40.2 Å². The number of aryl methyl sites for hydroxylation is 3. The minimum absolute atomic E-state index is 0.372. The molecule has 0 saturated carbocycles. The lowest BCUT2D eigenvalue weighted by Crippen LogP contribution is -2.27. The van der Waals surface area contributed by atoms with Crippen LogP contribution < -0.4 is 10.9 Å². The van der Waals surface area contributed by atoms with E-state index in [4.69, 9.17) is 9.15 Å². The Morgan fingerprint density at radius 3 is 2.94 bits per heavy atom. The van der Waals surface area contributed by atoms with E-state index in [1.165, 1.54) is 6.42 Å². The zero-order chi connectivity index (χ0) is 22.1. The maximum Gasteiger partial charge on any atom is 0.345 e. The van der Waals surface area contributed by atoms with Crippen molar-refractivity contribution in [2.45, 2.75) is 45.6 Å². The highest BCUT2D eigenvalue weighted by Crippen LogP contribution is 2.23. The summed E-state index contributed by atoms with van der Waals surface area (Å²) in [6, 6.07) is 7.96. The first-order valence-electron chi connectivity index (χ1n) is 11.3. The van der Waals surface area contributed by atoms with Crippen molar-refractivity contribution in [3.63, 3.8) is 0 Å². The Bertz CT molecular complexity index is 1320. The van der Waals surface area contributed by atoms with Gasteiger partial charge in [0.05, 0.1) is 28.7 Å². The fourth-order valence-corrected chi connectivity index (χ4v) is 4.41. The first-order valence-corrected chi connectivity index (χ1v) is 11.3. The van der Waals surface area contributed by atoms with Crippen LogP contribution in [0.15, 0.2) is 45.9 Å². The molecule has 7 nitrogen and oxygen atoms in total. The third-order valence-electron chi connectivity index (χ3n) is 6.02. The van der Waals surface area contributed by atoms with Gasteiger partial charge in [0.15, 0.2) is 5.65 Å². The SMILES string of the molecule is Cc1cn2cc(-c3cc4ccc(CCCNCC5CCCO5)cc4oc3=O)nc2c(C)n1. The van der Waals surface area contributed by atoms with E-state index >= 15 is 0 Å². The quantitative estimate of drug-likeness (QED) is 0.353. The molecule has 0 bridgehead atoms. The number of fused-ring (bicyclic) bond motifs is 2. The molecule has 5 rings (SSSR count). The van der Waals surface area contributed by atoms with Gasteiger partial charge in [-0.3, -0.25) is 4.98 Å². The number of hydrogen-bond donors (Lipinski definition) is 1. The van der Waals surface area contributed by atoms with E-state index < -0.39 is 0 Å². The van der Waals surface area contributed by atoms with Crippen LogP contribution >= 0.6 is 0 Å². The van der Waals surface area contributed by atoms with E-state index in [0.29, 0.717) is 22.9 Å². The zero-order valence-corrected chi connectivity index (χ0v) is 18.6. The minimum Gasteiger partial charge on any atom is -0.422 e. The zero-order valence-electron chi connectivity index (χ0n) is 18.6. The Morgan fingerprint density at radius 2 is 2.09 bits per heavy atom. The average molecular weight is 433 g/mol. The van der Waals surface area contributed by atoms with Crippen LogP contribution in [0.3, 0.4) is 0 Å². The lowest BCUT2D eigenvalue weighted by Gasteiger charge is -2.10. The van der Waals surface area contributed by atoms with Gasteiger partial charge in [-0.05, 0) is 63.8 Å². The molecule has 1 fully saturated rings. The normalized spacial score (nSPS) is 16.4. The summed E-state index contributed by atoms with van der Waals surface area (Å²) in [4.78, 5) is 21.8. The molecule has 0 amide bonds. The number of aromatic nitrogens is 3. The molecule has 4 heterocycles. The van der Waals surface area contributed by atoms with E-state index in [9.17, 15) is 4.79 Å². The summed E-state index contributed by atoms with van der Waals surface area (Å²) >= 11 is 0. The Morgan fingerprint density at radius 1 is 1.19 bits per heavy atom. The first kappa shape index (κ1) is 20.8. The molecular weight excluding hydrogens is 404 g/mol. The molecule has 166 valence electrons. The molecule has 1 unspecified atom stereocenters. The highest BCUT2D eigenvalue weighted by Gasteiger charge is 2.15. The van der Waals surface area contributed by atoms with Crippen LogP contribution in [0.1, 0.15) is 36.2 Å². The fraction of sp³-hybridized carbons (Fsp3) is 0.400. The topological polar surface area (TPSA) is 81.7 Å². The van der Waals surface area contributed by atoms with Crippen LogP contribution in [0.5, 0.6) is 0 Å². The van der Waals surface area contributed by atoms with Crippen molar-refractivity contribution >= 4 is 16.6 Å². The molecule has 1 N–H and O–H groups in total. The van der Waals surface area contributed by atoms with Gasteiger partial charge in [0.1, 0.15) is 5.58 Å². The summed E-state index contributed by atoms with van der Waals surface area (Å²) in [6.07, 6.45) is 8.41. The molecule has 1 aliphatic rings. The minimum atomic E-state index is -0.376. The standard InChI is InChI=1S/C25H28N4O3/c1-16-14-29-15-22(28-24(29)17(2)27-16)21-12-19-8-7-18(11-23(19)32-25(21)30)5-3-9-26-13-20-6-4-10-31-20/h7-8,11-12,14-15,20,26H,3-6,9-10,13H2,1-2H3. The molecule has 1 saturated heterocycles. The second-order valence-electron chi connectivity index (χ2n) is 8.59. The second-order valence-corrected chi connectivity index (χ2v) is 8.59. The van der Waals surface area contributed by atoms with E-state index in [1.54, 1.807) is 0 Å². The fourth-order valence-electron chi connectivity index (χ4n) is 4.41. The van der Waals surface area contributed by atoms with Gasteiger partial charge in [-0.15, -0.1) is 0 Å². The Hall–Kier alpha value is -3.03. The predicted octanol–water partition coefficient (Wildman–Crippen LogP) is 3.82. The van der Waals surface area contributed by atoms with Gasteiger partial charge in [-0.2, -0.15) is 0 Å². The van der Waals surface area contributed by atoms with Gasteiger partial charge in [-0.1, -0.05) is 12.1 Å². The van der Waals surface area contributed by atoms with Crippen LogP contribution in [0.25, 0.3) is 27.9 Å². The summed E-state index contributed by atoms with van der Waals surface area (Å²) in [5.41, 5.74) is 4.93. The van der Waals surface area contributed by atoms with Crippen molar-refractivity contribution in [3.8, 4) is 11.3 Å². The number of benzene rings is 1. The van der Waals surface area contributed by atoms with Crippen LogP contribution in [-0.2, 0) is 11.2 Å². The van der Waals surface area contributed by atoms with Gasteiger partial charge in [0.2, 0.25) is 0 Å². The van der Waals surface area contributed by atoms with Gasteiger partial charge in [0.25, 0.3) is 0 Å². The van der Waals surface area contributed by atoms with E-state index in [2.05, 4.69) is 21.4 Å². The van der Waals surface area contributed by atoms with Gasteiger partial charge < -0.3 is 18.9 Å². The monoisotopic (exact) mass is 432 g/mol. The molecule has 1 atom stereocenters. The Balaban J connectivity index is 1.31. The Labute approximate surface area is 186 Å². The summed E-state index contributed by atoms with van der Waals surface area (Å²) in [5, 5.41) is 4.37. The largest absolute Gasteiger partial charge is 0.422 e. The highest BCUT2D eigenvalue weighted by atomic mass is 16.5. The van der Waals surface area contributed by atoms with Crippen molar-refractivity contribution in [1.82, 2.24) is 19.7 Å². The second kappa shape index (κ2) is 8.84. The number of nitrogens with zero attached hydrogens (tertiary/aromatic N) is 3. The lowest BCUT2D eigenvalue weighted by molar-refractivity contribution is 0.110. The predicted molar refractivity (Wildman–Crippen MR) is 124 cm³/mol. The molecule has 32 heavy (non-hydrogen) atoms. The summed E-state index contributed by atoms with van der Waals surface area (Å²) in [5.74, 6) is 0. The number of nitrogens with one attached hydrogen (secondary N) is 1. The molecule has 4 aromatic rings. The first-order chi connectivity index (χ1) is 15.6. The summed E-state index contributed by atoms with van der Waals surface area (Å²) < 4.78 is 13.2. The molecule has 3 aromatic heterocycles. The maximum absolute atomic E-state index is 12.7. The van der Waals surface area contributed by atoms with Gasteiger partial charge in [0, 0.05) is 30.9 Å². The number of rotatable bonds is 7. The number of ether oxygens (including phenoxy) is 1. The van der Waals surface area contributed by atoms with Crippen molar-refractivity contribution < 1.29 is 9.15 Å². The Kier molecular flexibility index (Phi) is 5.76. The molecule has 1 aliphatic heterocycles. The van der Waals surface area contributed by atoms with Gasteiger partial charge in [-0.25, -0.2) is 9.78 Å². The maximum atomic E-state index is 12.7. The molecular formula is C25H28N4O3. The smallest absolute Gasteiger partial charge is 0.345 e. The van der Waals surface area contributed by atoms with E-state index in [0.717, 1.165) is 66.9 Å². The highest BCUT2D eigenvalue weighted by molar-refractivity contribution is 5.81. The van der Waals surface area contributed by atoms with Crippen LogP contribution in [0.4, 0.5) is 0 Å². The third kappa shape index (κ3) is 4.31. The summed E-state index contributed by atoms with van der Waals surface area (Å²) in [7, 11) is 0. The van der Waals surface area contributed by atoms with Crippen molar-refractivity contribution in [2.24, 2.45) is 0 Å². The van der Waals surface area contributed by atoms with E-state index in [1.807, 2.05) is 48.8 Å². The molecule has 0 spiro atoms. The lowest BCUT2D eigenvalue weighted by atomic mass is 10.1.